The van der Waals surface area contributed by atoms with Gasteiger partial charge >= 0.3 is 0 Å². The fourth-order valence-corrected chi connectivity index (χ4v) is 3.18. The van der Waals surface area contributed by atoms with Gasteiger partial charge in [0.15, 0.2) is 0 Å². The molecule has 3 nitrogen and oxygen atoms in total. The quantitative estimate of drug-likeness (QED) is 0.618. The van der Waals surface area contributed by atoms with Crippen LogP contribution in [0.1, 0.15) is 46.8 Å². The van der Waals surface area contributed by atoms with Crippen LogP contribution in [0.3, 0.4) is 0 Å². The Hall–Kier alpha value is -2.81. The van der Waals surface area contributed by atoms with E-state index in [1.165, 1.54) is 5.56 Å². The molecule has 0 aliphatic heterocycles. The summed E-state index contributed by atoms with van der Waals surface area (Å²) in [6.45, 7) is 9.63. The zero-order chi connectivity index (χ0) is 19.8. The Kier molecular flexibility index (Phi) is 7.42. The molecule has 142 valence electrons. The van der Waals surface area contributed by atoms with Crippen molar-refractivity contribution in [2.75, 3.05) is 7.05 Å². The van der Waals surface area contributed by atoms with E-state index in [0.717, 1.165) is 24.8 Å². The molecule has 0 saturated heterocycles. The average Bonchev–Trinajstić information content (AvgIpc) is 2.69. The van der Waals surface area contributed by atoms with Crippen LogP contribution in [-0.4, -0.2) is 29.0 Å². The molecule has 0 heterocycles. The third-order valence-electron chi connectivity index (χ3n) is 4.96. The molecule has 2 aromatic carbocycles. The van der Waals surface area contributed by atoms with E-state index in [1.807, 2.05) is 38.2 Å². The van der Waals surface area contributed by atoms with Crippen LogP contribution in [0.4, 0.5) is 0 Å². The first-order valence-corrected chi connectivity index (χ1v) is 9.38. The SMILES string of the molecule is C=CCCC(C)N(C)C(=O)c1c(C=C)cc(O)cc1CCc1ccccc1. The minimum Gasteiger partial charge on any atom is -0.508 e. The Morgan fingerprint density at radius 1 is 1.19 bits per heavy atom. The Labute approximate surface area is 162 Å². The molecule has 0 radical (unpaired) electrons. The second-order valence-corrected chi connectivity index (χ2v) is 6.89. The summed E-state index contributed by atoms with van der Waals surface area (Å²) < 4.78 is 0. The highest BCUT2D eigenvalue weighted by molar-refractivity contribution is 5.99. The lowest BCUT2D eigenvalue weighted by molar-refractivity contribution is 0.0736. The molecule has 1 N–H and O–H groups in total. The highest BCUT2D eigenvalue weighted by atomic mass is 16.3. The first kappa shape index (κ1) is 20.5. The number of aromatic hydroxyl groups is 1. The largest absolute Gasteiger partial charge is 0.508 e. The van der Waals surface area contributed by atoms with Gasteiger partial charge in [-0.2, -0.15) is 0 Å². The number of aryl methyl sites for hydroxylation is 2. The normalized spacial score (nSPS) is 11.6. The Morgan fingerprint density at radius 3 is 2.52 bits per heavy atom. The van der Waals surface area contributed by atoms with Gasteiger partial charge in [-0.25, -0.2) is 0 Å². The lowest BCUT2D eigenvalue weighted by Crippen LogP contribution is -2.36. The van der Waals surface area contributed by atoms with E-state index in [0.29, 0.717) is 17.5 Å². The molecule has 1 unspecified atom stereocenters. The van der Waals surface area contributed by atoms with Crippen LogP contribution in [0.15, 0.2) is 61.7 Å². The standard InChI is InChI=1S/C24H29NO2/c1-5-7-11-18(3)25(4)24(27)23-20(6-2)16-22(26)17-21(23)15-14-19-12-9-8-10-13-19/h5-6,8-10,12-13,16-18,26H,1-2,7,11,14-15H2,3-4H3. The van der Waals surface area contributed by atoms with Crippen molar-refractivity contribution in [3.05, 3.63) is 84.0 Å². The number of benzene rings is 2. The van der Waals surface area contributed by atoms with Crippen molar-refractivity contribution in [1.82, 2.24) is 4.90 Å². The number of carbonyl (C=O) groups is 1. The first-order valence-electron chi connectivity index (χ1n) is 9.38. The van der Waals surface area contributed by atoms with Crippen LogP contribution in [0.5, 0.6) is 5.75 Å². The summed E-state index contributed by atoms with van der Waals surface area (Å²) in [4.78, 5) is 15.0. The van der Waals surface area contributed by atoms with Gasteiger partial charge in [0.1, 0.15) is 5.75 Å². The monoisotopic (exact) mass is 363 g/mol. The summed E-state index contributed by atoms with van der Waals surface area (Å²) in [5.41, 5.74) is 3.35. The fraction of sp³-hybridized carbons (Fsp3) is 0.292. The Morgan fingerprint density at radius 2 is 1.89 bits per heavy atom. The number of phenols is 1. The van der Waals surface area contributed by atoms with Crippen molar-refractivity contribution in [2.24, 2.45) is 0 Å². The second kappa shape index (κ2) is 9.77. The van der Waals surface area contributed by atoms with Gasteiger partial charge in [-0.3, -0.25) is 4.79 Å². The number of phenolic OH excluding ortho intramolecular Hbond substituents is 1. The maximum Gasteiger partial charge on any atom is 0.254 e. The van der Waals surface area contributed by atoms with Crippen LogP contribution in [-0.2, 0) is 12.8 Å². The highest BCUT2D eigenvalue weighted by Crippen LogP contribution is 2.26. The van der Waals surface area contributed by atoms with Crippen molar-refractivity contribution >= 4 is 12.0 Å². The predicted molar refractivity (Wildman–Crippen MR) is 113 cm³/mol. The van der Waals surface area contributed by atoms with Crippen LogP contribution < -0.4 is 0 Å². The number of hydrogen-bond donors (Lipinski definition) is 1. The van der Waals surface area contributed by atoms with Crippen molar-refractivity contribution in [3.8, 4) is 5.75 Å². The zero-order valence-corrected chi connectivity index (χ0v) is 16.3. The highest BCUT2D eigenvalue weighted by Gasteiger charge is 2.23. The summed E-state index contributed by atoms with van der Waals surface area (Å²) in [6, 6.07) is 13.6. The van der Waals surface area contributed by atoms with Gasteiger partial charge in [0.25, 0.3) is 5.91 Å². The van der Waals surface area contributed by atoms with E-state index in [4.69, 9.17) is 0 Å². The van der Waals surface area contributed by atoms with E-state index < -0.39 is 0 Å². The molecule has 0 aromatic heterocycles. The maximum absolute atomic E-state index is 13.2. The van der Waals surface area contributed by atoms with Crippen LogP contribution in [0.25, 0.3) is 6.08 Å². The van der Waals surface area contributed by atoms with E-state index in [2.05, 4.69) is 25.3 Å². The summed E-state index contributed by atoms with van der Waals surface area (Å²) in [6.07, 6.45) is 6.72. The van der Waals surface area contributed by atoms with Crippen LogP contribution in [0.2, 0.25) is 0 Å². The molecular formula is C24H29NO2. The number of rotatable bonds is 9. The number of hydrogen-bond acceptors (Lipinski definition) is 2. The molecule has 1 atom stereocenters. The predicted octanol–water partition coefficient (Wildman–Crippen LogP) is 5.25. The van der Waals surface area contributed by atoms with E-state index in [1.54, 1.807) is 23.1 Å². The summed E-state index contributed by atoms with van der Waals surface area (Å²) in [5.74, 6) is 0.122. The van der Waals surface area contributed by atoms with Crippen LogP contribution >= 0.6 is 0 Å². The molecular weight excluding hydrogens is 334 g/mol. The van der Waals surface area contributed by atoms with Gasteiger partial charge in [0.2, 0.25) is 0 Å². The molecule has 0 spiro atoms. The van der Waals surface area contributed by atoms with Crippen LogP contribution in [0, 0.1) is 0 Å². The minimum absolute atomic E-state index is 0.0375. The summed E-state index contributed by atoms with van der Waals surface area (Å²) >= 11 is 0. The molecule has 0 saturated carbocycles. The lowest BCUT2D eigenvalue weighted by Gasteiger charge is -2.27. The fourth-order valence-electron chi connectivity index (χ4n) is 3.18. The van der Waals surface area contributed by atoms with Crippen molar-refractivity contribution < 1.29 is 9.90 Å². The average molecular weight is 364 g/mol. The molecule has 0 fully saturated rings. The third-order valence-corrected chi connectivity index (χ3v) is 4.96. The van der Waals surface area contributed by atoms with Gasteiger partial charge in [-0.15, -0.1) is 6.58 Å². The molecule has 2 rings (SSSR count). The first-order chi connectivity index (χ1) is 13.0. The summed E-state index contributed by atoms with van der Waals surface area (Å²) in [5, 5.41) is 10.1. The topological polar surface area (TPSA) is 40.5 Å². The van der Waals surface area contributed by atoms with Gasteiger partial charge in [0.05, 0.1) is 5.56 Å². The maximum atomic E-state index is 13.2. The number of allylic oxidation sites excluding steroid dienone is 1. The zero-order valence-electron chi connectivity index (χ0n) is 16.3. The molecule has 0 aliphatic rings. The molecule has 0 aliphatic carbocycles. The smallest absolute Gasteiger partial charge is 0.254 e. The molecule has 2 aromatic rings. The third kappa shape index (κ3) is 5.33. The minimum atomic E-state index is -0.0375. The lowest BCUT2D eigenvalue weighted by atomic mass is 9.94. The van der Waals surface area contributed by atoms with Crippen molar-refractivity contribution in [3.63, 3.8) is 0 Å². The van der Waals surface area contributed by atoms with E-state index >= 15 is 0 Å². The summed E-state index contributed by atoms with van der Waals surface area (Å²) in [7, 11) is 1.83. The van der Waals surface area contributed by atoms with Gasteiger partial charge < -0.3 is 10.0 Å². The molecule has 1 amide bonds. The van der Waals surface area contributed by atoms with Gasteiger partial charge in [-0.05, 0) is 61.4 Å². The molecule has 3 heteroatoms. The van der Waals surface area contributed by atoms with Crippen molar-refractivity contribution in [1.29, 1.82) is 0 Å². The molecule has 27 heavy (non-hydrogen) atoms. The molecule has 0 bridgehead atoms. The van der Waals surface area contributed by atoms with Gasteiger partial charge in [0, 0.05) is 13.1 Å². The Balaban J connectivity index is 2.33. The van der Waals surface area contributed by atoms with Gasteiger partial charge in [-0.1, -0.05) is 49.1 Å². The number of nitrogens with zero attached hydrogens (tertiary/aromatic N) is 1. The number of amides is 1. The van der Waals surface area contributed by atoms with Crippen molar-refractivity contribution in [2.45, 2.75) is 38.6 Å². The van der Waals surface area contributed by atoms with E-state index in [-0.39, 0.29) is 17.7 Å². The second-order valence-electron chi connectivity index (χ2n) is 6.89. The number of carbonyl (C=O) groups excluding carboxylic acids is 1. The van der Waals surface area contributed by atoms with E-state index in [9.17, 15) is 9.90 Å². The Bertz CT molecular complexity index is 796.